The van der Waals surface area contributed by atoms with Crippen LogP contribution in [0.1, 0.15) is 44.2 Å². The second-order valence-corrected chi connectivity index (χ2v) is 8.06. The Morgan fingerprint density at radius 1 is 1.20 bits per heavy atom. The molecule has 3 fully saturated rings. The highest BCUT2D eigenvalue weighted by Gasteiger charge is 2.51. The van der Waals surface area contributed by atoms with Crippen molar-refractivity contribution in [3.63, 3.8) is 0 Å². The van der Waals surface area contributed by atoms with E-state index in [1.165, 1.54) is 0 Å². The van der Waals surface area contributed by atoms with Crippen LogP contribution in [0.15, 0.2) is 24.4 Å². The van der Waals surface area contributed by atoms with Crippen molar-refractivity contribution in [1.82, 2.24) is 14.8 Å². The molecule has 0 bridgehead atoms. The van der Waals surface area contributed by atoms with E-state index in [1.54, 1.807) is 6.20 Å². The number of nitrogens with zero attached hydrogens (tertiary/aromatic N) is 3. The largest absolute Gasteiger partial charge is 0.340 e. The molecule has 0 radical (unpaired) electrons. The first-order chi connectivity index (χ1) is 12.0. The van der Waals surface area contributed by atoms with Gasteiger partial charge in [-0.05, 0) is 44.2 Å². The number of carbonyl (C=O) groups is 2. The van der Waals surface area contributed by atoms with E-state index < -0.39 is 5.54 Å². The van der Waals surface area contributed by atoms with Crippen molar-refractivity contribution in [3.8, 4) is 0 Å². The Labute approximate surface area is 148 Å². The molecule has 25 heavy (non-hydrogen) atoms. The molecule has 1 aliphatic carbocycles. The molecule has 2 saturated heterocycles. The van der Waals surface area contributed by atoms with Crippen LogP contribution in [-0.2, 0) is 16.1 Å². The van der Waals surface area contributed by atoms with E-state index in [0.717, 1.165) is 50.9 Å². The highest BCUT2D eigenvalue weighted by atomic mass is 16.2. The lowest BCUT2D eigenvalue weighted by molar-refractivity contribution is -0.144. The van der Waals surface area contributed by atoms with E-state index in [0.29, 0.717) is 19.5 Å². The van der Waals surface area contributed by atoms with Gasteiger partial charge in [-0.3, -0.25) is 14.6 Å². The number of carbonyl (C=O) groups excluding carboxylic acids is 2. The smallest absolute Gasteiger partial charge is 0.242 e. The Bertz CT molecular complexity index is 673. The van der Waals surface area contributed by atoms with Gasteiger partial charge in [0.2, 0.25) is 11.8 Å². The van der Waals surface area contributed by atoms with Gasteiger partial charge in [-0.25, -0.2) is 0 Å². The van der Waals surface area contributed by atoms with Crippen LogP contribution in [0.25, 0.3) is 0 Å². The van der Waals surface area contributed by atoms with Crippen molar-refractivity contribution in [2.75, 3.05) is 19.6 Å². The van der Waals surface area contributed by atoms with Crippen LogP contribution in [0.5, 0.6) is 0 Å². The number of likely N-dealkylation sites (tertiary alicyclic amines) is 2. The van der Waals surface area contributed by atoms with Crippen LogP contribution in [0.4, 0.5) is 0 Å². The number of hydrogen-bond acceptors (Lipinski definition) is 4. The molecule has 134 valence electrons. The van der Waals surface area contributed by atoms with Gasteiger partial charge in [0, 0.05) is 37.7 Å². The fraction of sp³-hybridized carbons (Fsp3) is 0.632. The number of piperidine rings is 2. The predicted octanol–water partition coefficient (Wildman–Crippen LogP) is 1.30. The molecular formula is C19H26N4O2. The zero-order valence-electron chi connectivity index (χ0n) is 14.6. The van der Waals surface area contributed by atoms with E-state index in [9.17, 15) is 9.59 Å². The lowest BCUT2D eigenvalue weighted by Crippen LogP contribution is -2.57. The summed E-state index contributed by atoms with van der Waals surface area (Å²) in [6.45, 7) is 2.80. The van der Waals surface area contributed by atoms with Crippen molar-refractivity contribution >= 4 is 11.8 Å². The summed E-state index contributed by atoms with van der Waals surface area (Å²) in [6.07, 6.45) is 6.86. The maximum atomic E-state index is 12.7. The van der Waals surface area contributed by atoms with E-state index in [4.69, 9.17) is 5.73 Å². The SMILES string of the molecule is NC1(C(=O)N2CCCC3(CCC(=O)N(Cc4ccccn4)C3)C2)CC1. The third-order valence-electron chi connectivity index (χ3n) is 5.99. The van der Waals surface area contributed by atoms with Gasteiger partial charge >= 0.3 is 0 Å². The normalized spacial score (nSPS) is 28.3. The molecule has 1 atom stereocenters. The second-order valence-electron chi connectivity index (χ2n) is 8.06. The monoisotopic (exact) mass is 342 g/mol. The standard InChI is InChI=1S/C19H26N4O2/c20-19(8-9-19)17(25)22-11-3-6-18(13-22)7-5-16(24)23(14-18)12-15-4-1-2-10-21-15/h1-2,4,10H,3,5-9,11-14,20H2. The van der Waals surface area contributed by atoms with Crippen molar-refractivity contribution in [1.29, 1.82) is 0 Å². The first kappa shape index (κ1) is 16.5. The quantitative estimate of drug-likeness (QED) is 0.898. The van der Waals surface area contributed by atoms with Gasteiger partial charge in [0.1, 0.15) is 0 Å². The summed E-state index contributed by atoms with van der Waals surface area (Å²) >= 11 is 0. The molecular weight excluding hydrogens is 316 g/mol. The topological polar surface area (TPSA) is 79.5 Å². The fourth-order valence-corrected chi connectivity index (χ4v) is 4.31. The molecule has 1 aromatic rings. The average molecular weight is 342 g/mol. The number of amides is 2. The zero-order chi connectivity index (χ0) is 17.5. The van der Waals surface area contributed by atoms with Gasteiger partial charge in [-0.2, -0.15) is 0 Å². The van der Waals surface area contributed by atoms with Crippen molar-refractivity contribution < 1.29 is 9.59 Å². The van der Waals surface area contributed by atoms with Gasteiger partial charge in [0.05, 0.1) is 17.8 Å². The maximum Gasteiger partial charge on any atom is 0.242 e. The summed E-state index contributed by atoms with van der Waals surface area (Å²) < 4.78 is 0. The summed E-state index contributed by atoms with van der Waals surface area (Å²) in [5.41, 5.74) is 6.45. The molecule has 1 saturated carbocycles. The van der Waals surface area contributed by atoms with E-state index in [-0.39, 0.29) is 17.2 Å². The third kappa shape index (κ3) is 3.27. The Balaban J connectivity index is 1.47. The summed E-state index contributed by atoms with van der Waals surface area (Å²) in [7, 11) is 0. The molecule has 3 aliphatic rings. The Kier molecular flexibility index (Phi) is 4.02. The Morgan fingerprint density at radius 2 is 2.04 bits per heavy atom. The summed E-state index contributed by atoms with van der Waals surface area (Å²) in [5, 5.41) is 0. The summed E-state index contributed by atoms with van der Waals surface area (Å²) in [5.74, 6) is 0.303. The number of pyridine rings is 1. The van der Waals surface area contributed by atoms with Gasteiger partial charge < -0.3 is 15.5 Å². The first-order valence-electron chi connectivity index (χ1n) is 9.26. The lowest BCUT2D eigenvalue weighted by atomic mass is 9.73. The van der Waals surface area contributed by atoms with Crippen molar-refractivity contribution in [2.45, 2.75) is 50.6 Å². The summed E-state index contributed by atoms with van der Waals surface area (Å²) in [4.78, 5) is 33.3. The maximum absolute atomic E-state index is 12.7. The van der Waals surface area contributed by atoms with Crippen LogP contribution in [0.2, 0.25) is 0 Å². The average Bonchev–Trinajstić information content (AvgIpc) is 3.38. The van der Waals surface area contributed by atoms with Crippen LogP contribution in [0, 0.1) is 5.41 Å². The third-order valence-corrected chi connectivity index (χ3v) is 5.99. The Morgan fingerprint density at radius 3 is 2.76 bits per heavy atom. The lowest BCUT2D eigenvalue weighted by Gasteiger charge is -2.48. The first-order valence-corrected chi connectivity index (χ1v) is 9.26. The van der Waals surface area contributed by atoms with Gasteiger partial charge in [-0.1, -0.05) is 6.07 Å². The molecule has 3 heterocycles. The molecule has 2 aliphatic heterocycles. The van der Waals surface area contributed by atoms with E-state index >= 15 is 0 Å². The van der Waals surface area contributed by atoms with E-state index in [1.807, 2.05) is 28.0 Å². The molecule has 1 unspecified atom stereocenters. The van der Waals surface area contributed by atoms with Crippen LogP contribution < -0.4 is 5.73 Å². The zero-order valence-corrected chi connectivity index (χ0v) is 14.6. The molecule has 6 heteroatoms. The number of aromatic nitrogens is 1. The minimum atomic E-state index is -0.601. The minimum Gasteiger partial charge on any atom is -0.340 e. The molecule has 0 aromatic carbocycles. The molecule has 1 spiro atoms. The number of rotatable bonds is 3. The molecule has 2 N–H and O–H groups in total. The van der Waals surface area contributed by atoms with Gasteiger partial charge in [-0.15, -0.1) is 0 Å². The molecule has 6 nitrogen and oxygen atoms in total. The second kappa shape index (κ2) is 6.09. The molecule has 4 rings (SSSR count). The fourth-order valence-electron chi connectivity index (χ4n) is 4.31. The highest BCUT2D eigenvalue weighted by molar-refractivity contribution is 5.89. The van der Waals surface area contributed by atoms with Crippen LogP contribution >= 0.6 is 0 Å². The van der Waals surface area contributed by atoms with Gasteiger partial charge in [0.15, 0.2) is 0 Å². The van der Waals surface area contributed by atoms with E-state index in [2.05, 4.69) is 4.98 Å². The van der Waals surface area contributed by atoms with Crippen LogP contribution in [-0.4, -0.2) is 51.8 Å². The molecule has 1 aromatic heterocycles. The number of nitrogens with two attached hydrogens (primary N) is 1. The van der Waals surface area contributed by atoms with Crippen molar-refractivity contribution in [2.24, 2.45) is 11.1 Å². The van der Waals surface area contributed by atoms with Crippen LogP contribution in [0.3, 0.4) is 0 Å². The van der Waals surface area contributed by atoms with Gasteiger partial charge in [0.25, 0.3) is 0 Å². The number of hydrogen-bond donors (Lipinski definition) is 1. The minimum absolute atomic E-state index is 0.0157. The summed E-state index contributed by atoms with van der Waals surface area (Å²) in [6, 6.07) is 5.79. The molecule has 2 amide bonds. The van der Waals surface area contributed by atoms with Crippen molar-refractivity contribution in [3.05, 3.63) is 30.1 Å². The predicted molar refractivity (Wildman–Crippen MR) is 93.3 cm³/mol. The highest BCUT2D eigenvalue weighted by Crippen LogP contribution is 2.42. The Hall–Kier alpha value is -1.95.